The fraction of sp³-hybridized carbons (Fsp3) is 0.444. The smallest absolute Gasteiger partial charge is 0.364 e. The van der Waals surface area contributed by atoms with Gasteiger partial charge in [0, 0.05) is 29.4 Å². The van der Waals surface area contributed by atoms with Crippen molar-refractivity contribution in [2.75, 3.05) is 23.9 Å². The SMILES string of the molecule is CS(=O)CCCNc1ccc2n[nH]c(=O)n2n1. The van der Waals surface area contributed by atoms with Crippen LogP contribution in [0, 0.1) is 0 Å². The largest absolute Gasteiger partial charge is 0.369 e. The van der Waals surface area contributed by atoms with Gasteiger partial charge in [-0.05, 0) is 18.6 Å². The second-order valence-corrected chi connectivity index (χ2v) is 5.13. The van der Waals surface area contributed by atoms with Crippen molar-refractivity contribution in [2.24, 2.45) is 0 Å². The Balaban J connectivity index is 2.01. The average molecular weight is 255 g/mol. The van der Waals surface area contributed by atoms with Crippen LogP contribution in [0.3, 0.4) is 0 Å². The van der Waals surface area contributed by atoms with Crippen molar-refractivity contribution in [3.63, 3.8) is 0 Å². The number of fused-ring (bicyclic) bond motifs is 1. The normalized spacial score (nSPS) is 12.8. The Morgan fingerprint density at radius 2 is 2.35 bits per heavy atom. The maximum Gasteiger partial charge on any atom is 0.364 e. The number of nitrogens with zero attached hydrogens (tertiary/aromatic N) is 3. The van der Waals surface area contributed by atoms with Gasteiger partial charge in [0.2, 0.25) is 0 Å². The summed E-state index contributed by atoms with van der Waals surface area (Å²) < 4.78 is 12.0. The van der Waals surface area contributed by atoms with Gasteiger partial charge in [-0.25, -0.2) is 9.89 Å². The van der Waals surface area contributed by atoms with Crippen LogP contribution in [0.25, 0.3) is 5.65 Å². The predicted molar refractivity (Wildman–Crippen MR) is 65.6 cm³/mol. The minimum Gasteiger partial charge on any atom is -0.369 e. The molecule has 2 aromatic rings. The van der Waals surface area contributed by atoms with Crippen molar-refractivity contribution in [1.82, 2.24) is 19.8 Å². The molecule has 1 unspecified atom stereocenters. The number of rotatable bonds is 5. The second kappa shape index (κ2) is 5.09. The number of hydrogen-bond donors (Lipinski definition) is 2. The first-order chi connectivity index (χ1) is 8.16. The molecule has 0 aliphatic rings. The molecule has 7 nitrogen and oxygen atoms in total. The lowest BCUT2D eigenvalue weighted by molar-refractivity contribution is 0.685. The molecule has 1 atom stereocenters. The molecule has 0 bridgehead atoms. The fourth-order valence-corrected chi connectivity index (χ4v) is 1.94. The van der Waals surface area contributed by atoms with E-state index in [0.717, 1.165) is 6.42 Å². The topological polar surface area (TPSA) is 92.1 Å². The van der Waals surface area contributed by atoms with Crippen LogP contribution in [-0.4, -0.2) is 42.6 Å². The van der Waals surface area contributed by atoms with E-state index in [1.807, 2.05) is 0 Å². The molecule has 8 heteroatoms. The lowest BCUT2D eigenvalue weighted by atomic mass is 10.4. The molecule has 2 heterocycles. The maximum absolute atomic E-state index is 11.3. The molecular weight excluding hydrogens is 242 g/mol. The number of nitrogens with one attached hydrogen (secondary N) is 2. The summed E-state index contributed by atoms with van der Waals surface area (Å²) in [6.45, 7) is 0.671. The molecule has 2 N–H and O–H groups in total. The zero-order valence-corrected chi connectivity index (χ0v) is 10.2. The lowest BCUT2D eigenvalue weighted by Gasteiger charge is -2.03. The summed E-state index contributed by atoms with van der Waals surface area (Å²) >= 11 is 0. The van der Waals surface area contributed by atoms with Crippen LogP contribution in [-0.2, 0) is 10.8 Å². The number of anilines is 1. The van der Waals surface area contributed by atoms with Crippen molar-refractivity contribution in [1.29, 1.82) is 0 Å². The Hall–Kier alpha value is -1.70. The highest BCUT2D eigenvalue weighted by Gasteiger charge is 2.02. The van der Waals surface area contributed by atoms with Crippen LogP contribution in [0.1, 0.15) is 6.42 Å². The molecule has 0 radical (unpaired) electrons. The summed E-state index contributed by atoms with van der Waals surface area (Å²) in [6.07, 6.45) is 2.47. The van der Waals surface area contributed by atoms with Gasteiger partial charge in [0.15, 0.2) is 5.65 Å². The zero-order chi connectivity index (χ0) is 12.3. The van der Waals surface area contributed by atoms with Gasteiger partial charge in [0.05, 0.1) is 0 Å². The van der Waals surface area contributed by atoms with E-state index in [9.17, 15) is 9.00 Å². The van der Waals surface area contributed by atoms with Gasteiger partial charge in [-0.15, -0.1) is 5.10 Å². The third-order valence-corrected chi connectivity index (χ3v) is 3.05. The fourth-order valence-electron chi connectivity index (χ4n) is 1.39. The summed E-state index contributed by atoms with van der Waals surface area (Å²) in [6, 6.07) is 3.45. The van der Waals surface area contributed by atoms with Crippen molar-refractivity contribution in [3.05, 3.63) is 22.6 Å². The van der Waals surface area contributed by atoms with E-state index in [1.54, 1.807) is 18.4 Å². The monoisotopic (exact) mass is 255 g/mol. The molecule has 0 fully saturated rings. The van der Waals surface area contributed by atoms with Gasteiger partial charge >= 0.3 is 5.69 Å². The Bertz CT molecular complexity index is 590. The predicted octanol–water partition coefficient (Wildman–Crippen LogP) is -0.402. The van der Waals surface area contributed by atoms with Gasteiger partial charge in [-0.2, -0.15) is 9.61 Å². The molecule has 0 aliphatic heterocycles. The third kappa shape index (κ3) is 2.90. The molecule has 17 heavy (non-hydrogen) atoms. The summed E-state index contributed by atoms with van der Waals surface area (Å²) in [5, 5.41) is 13.2. The first-order valence-electron chi connectivity index (χ1n) is 5.15. The van der Waals surface area contributed by atoms with Gasteiger partial charge in [0.1, 0.15) is 5.82 Å². The first-order valence-corrected chi connectivity index (χ1v) is 6.88. The van der Waals surface area contributed by atoms with E-state index < -0.39 is 10.8 Å². The van der Waals surface area contributed by atoms with Gasteiger partial charge < -0.3 is 5.32 Å². The maximum atomic E-state index is 11.3. The second-order valence-electron chi connectivity index (χ2n) is 3.57. The summed E-state index contributed by atoms with van der Waals surface area (Å²) in [4.78, 5) is 11.3. The highest BCUT2D eigenvalue weighted by molar-refractivity contribution is 7.84. The van der Waals surface area contributed by atoms with E-state index in [-0.39, 0.29) is 5.69 Å². The molecule has 0 saturated heterocycles. The van der Waals surface area contributed by atoms with E-state index in [1.165, 1.54) is 4.52 Å². The van der Waals surface area contributed by atoms with E-state index >= 15 is 0 Å². The van der Waals surface area contributed by atoms with Crippen LogP contribution in [0.15, 0.2) is 16.9 Å². The number of aromatic amines is 1. The van der Waals surface area contributed by atoms with Crippen molar-refractivity contribution >= 4 is 22.3 Å². The Kier molecular flexibility index (Phi) is 3.52. The van der Waals surface area contributed by atoms with Crippen LogP contribution < -0.4 is 11.0 Å². The van der Waals surface area contributed by atoms with Crippen LogP contribution in [0.2, 0.25) is 0 Å². The highest BCUT2D eigenvalue weighted by Crippen LogP contribution is 2.02. The first kappa shape index (κ1) is 11.8. The van der Waals surface area contributed by atoms with Crippen LogP contribution in [0.4, 0.5) is 5.82 Å². The molecule has 0 saturated carbocycles. The van der Waals surface area contributed by atoms with Crippen molar-refractivity contribution in [3.8, 4) is 0 Å². The Labute approximate surface area is 99.7 Å². The molecule has 0 spiro atoms. The Morgan fingerprint density at radius 3 is 3.12 bits per heavy atom. The van der Waals surface area contributed by atoms with E-state index in [2.05, 4.69) is 20.6 Å². The Morgan fingerprint density at radius 1 is 1.53 bits per heavy atom. The van der Waals surface area contributed by atoms with Crippen LogP contribution in [0.5, 0.6) is 0 Å². The molecule has 2 rings (SSSR count). The minimum absolute atomic E-state index is 0.363. The van der Waals surface area contributed by atoms with Gasteiger partial charge in [0.25, 0.3) is 0 Å². The standard InChI is InChI=1S/C9H13N5O2S/c1-17(16)6-2-5-10-7-3-4-8-11-12-9(15)14(8)13-7/h3-4H,2,5-6H2,1H3,(H,10,13)(H,12,15). The van der Waals surface area contributed by atoms with Crippen molar-refractivity contribution < 1.29 is 4.21 Å². The number of aromatic nitrogens is 4. The molecule has 0 aliphatic carbocycles. The average Bonchev–Trinajstić information content (AvgIpc) is 2.66. The molecule has 0 amide bonds. The molecule has 92 valence electrons. The quantitative estimate of drug-likeness (QED) is 0.709. The highest BCUT2D eigenvalue weighted by atomic mass is 32.2. The van der Waals surface area contributed by atoms with Gasteiger partial charge in [-0.1, -0.05) is 0 Å². The summed E-state index contributed by atoms with van der Waals surface area (Å²) in [5.41, 5.74) is 0.119. The molecule has 2 aromatic heterocycles. The van der Waals surface area contributed by atoms with Crippen LogP contribution >= 0.6 is 0 Å². The molecular formula is C9H13N5O2S. The number of H-pyrrole nitrogens is 1. The van der Waals surface area contributed by atoms with E-state index in [4.69, 9.17) is 0 Å². The minimum atomic E-state index is -0.774. The molecule has 0 aromatic carbocycles. The van der Waals surface area contributed by atoms with Gasteiger partial charge in [-0.3, -0.25) is 4.21 Å². The zero-order valence-electron chi connectivity index (χ0n) is 9.34. The van der Waals surface area contributed by atoms with Crippen molar-refractivity contribution in [2.45, 2.75) is 6.42 Å². The summed E-state index contributed by atoms with van der Waals surface area (Å²) in [5.74, 6) is 1.25. The number of hydrogen-bond acceptors (Lipinski definition) is 5. The summed E-state index contributed by atoms with van der Waals surface area (Å²) in [7, 11) is -0.774. The lowest BCUT2D eigenvalue weighted by Crippen LogP contribution is -2.14. The van der Waals surface area contributed by atoms with E-state index in [0.29, 0.717) is 23.8 Å². The third-order valence-electron chi connectivity index (χ3n) is 2.19.